The molecule has 1 unspecified atom stereocenters. The third-order valence-electron chi connectivity index (χ3n) is 2.14. The van der Waals surface area contributed by atoms with Gasteiger partial charge in [-0.15, -0.1) is 0 Å². The molecule has 112 valence electrons. The number of carbonyl (C=O) groups excluding carboxylic acids is 1. The van der Waals surface area contributed by atoms with Gasteiger partial charge in [0.1, 0.15) is 5.54 Å². The maximum atomic E-state index is 11.6. The summed E-state index contributed by atoms with van der Waals surface area (Å²) >= 11 is 0. The molecule has 0 spiro atoms. The summed E-state index contributed by atoms with van der Waals surface area (Å²) < 4.78 is 31.4. The van der Waals surface area contributed by atoms with Crippen molar-refractivity contribution in [2.24, 2.45) is 0 Å². The molecular weight excluding hydrogens is 276 g/mol. The van der Waals surface area contributed by atoms with Gasteiger partial charge in [0.2, 0.25) is 0 Å². The first kappa shape index (κ1) is 17.6. The fraction of sp³-hybridized carbons (Fsp3) is 0.800. The van der Waals surface area contributed by atoms with E-state index in [4.69, 9.17) is 5.11 Å². The van der Waals surface area contributed by atoms with Gasteiger partial charge >= 0.3 is 22.3 Å². The van der Waals surface area contributed by atoms with E-state index in [0.29, 0.717) is 6.42 Å². The molecule has 0 aliphatic heterocycles. The Hall–Kier alpha value is -1.35. The van der Waals surface area contributed by atoms with E-state index in [1.807, 2.05) is 4.72 Å². The average molecular weight is 296 g/mol. The largest absolute Gasteiger partial charge is 0.480 e. The standard InChI is InChI=1S/C10H20N2O6S/c1-5-6-10(4,8(13)14)12-19(16,17)11-9(15)18-7(2)3/h7,12H,5-6H2,1-4H3,(H,11,15)(H,13,14). The molecule has 0 radical (unpaired) electrons. The molecule has 0 saturated carbocycles. The Labute approximate surface area is 112 Å². The number of nitrogens with one attached hydrogen (secondary N) is 2. The van der Waals surface area contributed by atoms with E-state index >= 15 is 0 Å². The van der Waals surface area contributed by atoms with E-state index in [0.717, 1.165) is 0 Å². The van der Waals surface area contributed by atoms with Gasteiger partial charge in [-0.3, -0.25) is 4.79 Å². The molecule has 19 heavy (non-hydrogen) atoms. The smallest absolute Gasteiger partial charge is 0.422 e. The van der Waals surface area contributed by atoms with Gasteiger partial charge in [-0.25, -0.2) is 9.52 Å². The minimum absolute atomic E-state index is 0.0858. The number of hydrogen-bond donors (Lipinski definition) is 3. The molecule has 9 heteroatoms. The molecule has 0 aromatic heterocycles. The maximum absolute atomic E-state index is 11.6. The molecule has 0 bridgehead atoms. The van der Waals surface area contributed by atoms with Crippen LogP contribution in [0.5, 0.6) is 0 Å². The van der Waals surface area contributed by atoms with Crippen LogP contribution in [0, 0.1) is 0 Å². The lowest BCUT2D eigenvalue weighted by Crippen LogP contribution is -2.56. The summed E-state index contributed by atoms with van der Waals surface area (Å²) in [5.41, 5.74) is -1.68. The first-order valence-corrected chi connectivity index (χ1v) is 7.26. The molecule has 3 N–H and O–H groups in total. The highest BCUT2D eigenvalue weighted by molar-refractivity contribution is 7.88. The highest BCUT2D eigenvalue weighted by Gasteiger charge is 2.37. The monoisotopic (exact) mass is 296 g/mol. The van der Waals surface area contributed by atoms with Crippen LogP contribution in [-0.4, -0.2) is 37.2 Å². The van der Waals surface area contributed by atoms with Gasteiger partial charge in [0.25, 0.3) is 0 Å². The third-order valence-corrected chi connectivity index (χ3v) is 3.30. The van der Waals surface area contributed by atoms with Crippen LogP contribution in [0.1, 0.15) is 40.5 Å². The average Bonchev–Trinajstić information content (AvgIpc) is 2.13. The first-order valence-electron chi connectivity index (χ1n) is 5.78. The van der Waals surface area contributed by atoms with E-state index in [-0.39, 0.29) is 6.42 Å². The number of hydrogen-bond acceptors (Lipinski definition) is 5. The number of rotatable bonds is 7. The Kier molecular flexibility index (Phi) is 6.23. The van der Waals surface area contributed by atoms with Gasteiger partial charge in [-0.05, 0) is 27.2 Å². The number of ether oxygens (including phenoxy) is 1. The minimum atomic E-state index is -4.31. The van der Waals surface area contributed by atoms with Gasteiger partial charge in [0, 0.05) is 0 Å². The molecular formula is C10H20N2O6S. The second-order valence-electron chi connectivity index (χ2n) is 4.55. The van der Waals surface area contributed by atoms with Crippen LogP contribution in [0.15, 0.2) is 0 Å². The SMILES string of the molecule is CCCC(C)(NS(=O)(=O)NC(=O)OC(C)C)C(=O)O. The van der Waals surface area contributed by atoms with E-state index in [9.17, 15) is 18.0 Å². The number of amides is 1. The first-order chi connectivity index (χ1) is 8.52. The number of carboxylic acids is 1. The van der Waals surface area contributed by atoms with E-state index in [1.54, 1.807) is 25.5 Å². The zero-order valence-corrected chi connectivity index (χ0v) is 12.2. The molecule has 0 heterocycles. The van der Waals surface area contributed by atoms with Gasteiger partial charge in [0.05, 0.1) is 6.10 Å². The second kappa shape index (κ2) is 6.71. The lowest BCUT2D eigenvalue weighted by atomic mass is 9.98. The normalized spacial score (nSPS) is 14.8. The van der Waals surface area contributed by atoms with Gasteiger partial charge in [-0.2, -0.15) is 13.1 Å². The highest BCUT2D eigenvalue weighted by atomic mass is 32.2. The van der Waals surface area contributed by atoms with Crippen molar-refractivity contribution < 1.29 is 27.9 Å². The summed E-state index contributed by atoms with van der Waals surface area (Å²) in [6.07, 6.45) is -1.10. The van der Waals surface area contributed by atoms with Crippen LogP contribution >= 0.6 is 0 Å². The minimum Gasteiger partial charge on any atom is -0.480 e. The highest BCUT2D eigenvalue weighted by Crippen LogP contribution is 2.13. The van der Waals surface area contributed by atoms with E-state index < -0.39 is 33.9 Å². The Balaban J connectivity index is 4.84. The second-order valence-corrected chi connectivity index (χ2v) is 5.96. The quantitative estimate of drug-likeness (QED) is 0.632. The van der Waals surface area contributed by atoms with Crippen LogP contribution in [-0.2, 0) is 19.7 Å². The predicted molar refractivity (Wildman–Crippen MR) is 67.8 cm³/mol. The molecule has 0 aromatic carbocycles. The Bertz CT molecular complexity index is 433. The van der Waals surface area contributed by atoms with Crippen molar-refractivity contribution in [1.29, 1.82) is 0 Å². The van der Waals surface area contributed by atoms with Crippen molar-refractivity contribution in [1.82, 2.24) is 9.44 Å². The summed E-state index contributed by atoms with van der Waals surface area (Å²) in [5.74, 6) is -1.32. The summed E-state index contributed by atoms with van der Waals surface area (Å²) in [5, 5.41) is 9.04. The molecule has 0 aliphatic rings. The van der Waals surface area contributed by atoms with Gasteiger partial charge < -0.3 is 9.84 Å². The van der Waals surface area contributed by atoms with Crippen LogP contribution in [0.25, 0.3) is 0 Å². The lowest BCUT2D eigenvalue weighted by molar-refractivity contribution is -0.143. The van der Waals surface area contributed by atoms with Crippen molar-refractivity contribution in [2.45, 2.75) is 52.2 Å². The molecule has 0 fully saturated rings. The third kappa shape index (κ3) is 6.39. The maximum Gasteiger partial charge on any atom is 0.422 e. The Morgan fingerprint density at radius 2 is 1.89 bits per heavy atom. The van der Waals surface area contributed by atoms with E-state index in [1.165, 1.54) is 6.92 Å². The number of carboxylic acid groups (broad SMARTS) is 1. The zero-order valence-electron chi connectivity index (χ0n) is 11.4. The summed E-state index contributed by atoms with van der Waals surface area (Å²) in [7, 11) is -4.31. The summed E-state index contributed by atoms with van der Waals surface area (Å²) in [6.45, 7) is 6.05. The van der Waals surface area contributed by atoms with Crippen LogP contribution in [0.4, 0.5) is 4.79 Å². The molecule has 0 aromatic rings. The van der Waals surface area contributed by atoms with Crippen molar-refractivity contribution in [3.63, 3.8) is 0 Å². The Morgan fingerprint density at radius 3 is 2.26 bits per heavy atom. The van der Waals surface area contributed by atoms with Crippen LogP contribution in [0.3, 0.4) is 0 Å². The van der Waals surface area contributed by atoms with Crippen molar-refractivity contribution >= 4 is 22.3 Å². The lowest BCUT2D eigenvalue weighted by Gasteiger charge is -2.25. The topological polar surface area (TPSA) is 122 Å². The summed E-state index contributed by atoms with van der Waals surface area (Å²) in [4.78, 5) is 22.3. The number of carbonyl (C=O) groups is 2. The molecule has 0 aliphatic carbocycles. The van der Waals surface area contributed by atoms with Crippen LogP contribution < -0.4 is 9.44 Å². The zero-order chi connectivity index (χ0) is 15.3. The van der Waals surface area contributed by atoms with Gasteiger partial charge in [0.15, 0.2) is 0 Å². The Morgan fingerprint density at radius 1 is 1.37 bits per heavy atom. The number of aliphatic carboxylic acids is 1. The fourth-order valence-corrected chi connectivity index (χ4v) is 2.47. The molecule has 0 rings (SSSR count). The van der Waals surface area contributed by atoms with Gasteiger partial charge in [-0.1, -0.05) is 13.3 Å². The van der Waals surface area contributed by atoms with Crippen molar-refractivity contribution in [3.8, 4) is 0 Å². The summed E-state index contributed by atoms with van der Waals surface area (Å²) in [6, 6.07) is 0. The molecule has 1 atom stereocenters. The van der Waals surface area contributed by atoms with Crippen LogP contribution in [0.2, 0.25) is 0 Å². The van der Waals surface area contributed by atoms with Crippen molar-refractivity contribution in [3.05, 3.63) is 0 Å². The van der Waals surface area contributed by atoms with Crippen molar-refractivity contribution in [2.75, 3.05) is 0 Å². The molecule has 1 amide bonds. The van der Waals surface area contributed by atoms with E-state index in [2.05, 4.69) is 4.74 Å². The predicted octanol–water partition coefficient (Wildman–Crippen LogP) is 0.599. The fourth-order valence-electron chi connectivity index (χ4n) is 1.37. The molecule has 8 nitrogen and oxygen atoms in total. The molecule has 0 saturated heterocycles.